The first-order valence-electron chi connectivity index (χ1n) is 4.83. The van der Waals surface area contributed by atoms with Crippen molar-refractivity contribution >= 4 is 44.0 Å². The van der Waals surface area contributed by atoms with Crippen molar-refractivity contribution in [2.75, 3.05) is 11.1 Å². The van der Waals surface area contributed by atoms with E-state index in [1.54, 1.807) is 0 Å². The number of nitrogens with one attached hydrogen (secondary N) is 1. The standard InChI is InChI=1S/C12H11BrN2O/c1-7(16)15-11-5-2-8-6-9(13)3-4-10(8)12(11)14/h2-6H,14H2,1H3,(H,15,16). The first-order chi connectivity index (χ1) is 7.58. The maximum absolute atomic E-state index is 11.0. The number of anilines is 2. The predicted molar refractivity (Wildman–Crippen MR) is 70.4 cm³/mol. The maximum atomic E-state index is 11.0. The first-order valence-corrected chi connectivity index (χ1v) is 5.62. The van der Waals surface area contributed by atoms with Crippen LogP contribution in [0.25, 0.3) is 10.8 Å². The molecule has 4 heteroatoms. The van der Waals surface area contributed by atoms with Gasteiger partial charge < -0.3 is 11.1 Å². The van der Waals surface area contributed by atoms with Crippen LogP contribution in [-0.2, 0) is 4.79 Å². The zero-order valence-corrected chi connectivity index (χ0v) is 10.3. The Hall–Kier alpha value is -1.55. The molecule has 0 aliphatic rings. The van der Waals surface area contributed by atoms with E-state index in [9.17, 15) is 4.79 Å². The van der Waals surface area contributed by atoms with Crippen LogP contribution in [0.3, 0.4) is 0 Å². The molecule has 0 aliphatic heterocycles. The lowest BCUT2D eigenvalue weighted by atomic mass is 10.1. The van der Waals surface area contributed by atoms with Crippen LogP contribution in [0.5, 0.6) is 0 Å². The molecule has 0 heterocycles. The van der Waals surface area contributed by atoms with Crippen LogP contribution in [0.4, 0.5) is 11.4 Å². The number of rotatable bonds is 1. The van der Waals surface area contributed by atoms with Gasteiger partial charge in [-0.3, -0.25) is 4.79 Å². The molecule has 1 amide bonds. The van der Waals surface area contributed by atoms with E-state index in [-0.39, 0.29) is 5.91 Å². The second kappa shape index (κ2) is 4.14. The molecular weight excluding hydrogens is 268 g/mol. The van der Waals surface area contributed by atoms with Crippen LogP contribution in [0.1, 0.15) is 6.92 Å². The van der Waals surface area contributed by atoms with E-state index >= 15 is 0 Å². The number of carbonyl (C=O) groups is 1. The Labute approximate surface area is 102 Å². The summed E-state index contributed by atoms with van der Waals surface area (Å²) in [7, 11) is 0. The molecule has 2 aromatic carbocycles. The third kappa shape index (κ3) is 2.02. The van der Waals surface area contributed by atoms with Gasteiger partial charge in [0.2, 0.25) is 5.91 Å². The minimum atomic E-state index is -0.122. The third-order valence-electron chi connectivity index (χ3n) is 2.33. The van der Waals surface area contributed by atoms with Gasteiger partial charge in [0.25, 0.3) is 0 Å². The van der Waals surface area contributed by atoms with Gasteiger partial charge in [-0.25, -0.2) is 0 Å². The maximum Gasteiger partial charge on any atom is 0.221 e. The Kier molecular flexibility index (Phi) is 2.83. The Morgan fingerprint density at radius 3 is 2.75 bits per heavy atom. The van der Waals surface area contributed by atoms with E-state index in [4.69, 9.17) is 5.73 Å². The Morgan fingerprint density at radius 2 is 2.06 bits per heavy atom. The lowest BCUT2D eigenvalue weighted by Crippen LogP contribution is -2.08. The summed E-state index contributed by atoms with van der Waals surface area (Å²) in [6, 6.07) is 9.59. The quantitative estimate of drug-likeness (QED) is 0.788. The molecule has 2 rings (SSSR count). The average molecular weight is 279 g/mol. The second-order valence-corrected chi connectivity index (χ2v) is 4.49. The van der Waals surface area contributed by atoms with Gasteiger partial charge >= 0.3 is 0 Å². The summed E-state index contributed by atoms with van der Waals surface area (Å²) in [4.78, 5) is 11.0. The SMILES string of the molecule is CC(=O)Nc1ccc2cc(Br)ccc2c1N. The van der Waals surface area contributed by atoms with Crippen molar-refractivity contribution in [3.05, 3.63) is 34.8 Å². The van der Waals surface area contributed by atoms with Crippen molar-refractivity contribution in [1.82, 2.24) is 0 Å². The molecule has 0 aliphatic carbocycles. The number of benzene rings is 2. The van der Waals surface area contributed by atoms with Crippen molar-refractivity contribution in [3.8, 4) is 0 Å². The van der Waals surface area contributed by atoms with Crippen LogP contribution < -0.4 is 11.1 Å². The molecule has 2 aromatic rings. The molecule has 0 fully saturated rings. The summed E-state index contributed by atoms with van der Waals surface area (Å²) >= 11 is 3.41. The highest BCUT2D eigenvalue weighted by Crippen LogP contribution is 2.30. The smallest absolute Gasteiger partial charge is 0.221 e. The summed E-state index contributed by atoms with van der Waals surface area (Å²) < 4.78 is 1.01. The number of halogens is 1. The molecule has 0 bridgehead atoms. The van der Waals surface area contributed by atoms with Gasteiger partial charge in [0.15, 0.2) is 0 Å². The summed E-state index contributed by atoms with van der Waals surface area (Å²) in [6.45, 7) is 1.46. The van der Waals surface area contributed by atoms with Crippen LogP contribution >= 0.6 is 15.9 Å². The van der Waals surface area contributed by atoms with Crippen molar-refractivity contribution < 1.29 is 4.79 Å². The molecule has 0 spiro atoms. The fraction of sp³-hybridized carbons (Fsp3) is 0.0833. The highest BCUT2D eigenvalue weighted by Gasteiger charge is 2.05. The Balaban J connectivity index is 2.60. The third-order valence-corrected chi connectivity index (χ3v) is 2.83. The van der Waals surface area contributed by atoms with Crippen molar-refractivity contribution in [1.29, 1.82) is 0 Å². The number of carbonyl (C=O) groups excluding carboxylic acids is 1. The largest absolute Gasteiger partial charge is 0.397 e. The highest BCUT2D eigenvalue weighted by atomic mass is 79.9. The molecule has 0 saturated carbocycles. The van der Waals surface area contributed by atoms with Gasteiger partial charge in [0.05, 0.1) is 11.4 Å². The van der Waals surface area contributed by atoms with E-state index in [0.717, 1.165) is 15.2 Å². The van der Waals surface area contributed by atoms with E-state index in [2.05, 4.69) is 21.2 Å². The highest BCUT2D eigenvalue weighted by molar-refractivity contribution is 9.10. The van der Waals surface area contributed by atoms with Gasteiger partial charge in [-0.2, -0.15) is 0 Å². The Morgan fingerprint density at radius 1 is 1.31 bits per heavy atom. The molecule has 0 saturated heterocycles. The normalized spacial score (nSPS) is 10.4. The summed E-state index contributed by atoms with van der Waals surface area (Å²) in [5.74, 6) is -0.122. The number of amides is 1. The van der Waals surface area contributed by atoms with Crippen molar-refractivity contribution in [2.45, 2.75) is 6.92 Å². The van der Waals surface area contributed by atoms with Gasteiger partial charge in [0, 0.05) is 16.8 Å². The van der Waals surface area contributed by atoms with Crippen LogP contribution in [0.15, 0.2) is 34.8 Å². The molecular formula is C12H11BrN2O. The average Bonchev–Trinajstić information content (AvgIpc) is 2.22. The van der Waals surface area contributed by atoms with Gasteiger partial charge in [-0.1, -0.05) is 28.1 Å². The summed E-state index contributed by atoms with van der Waals surface area (Å²) in [5, 5.41) is 4.69. The topological polar surface area (TPSA) is 55.1 Å². The molecule has 0 radical (unpaired) electrons. The molecule has 3 nitrogen and oxygen atoms in total. The number of nitrogens with two attached hydrogens (primary N) is 1. The fourth-order valence-electron chi connectivity index (χ4n) is 1.62. The molecule has 16 heavy (non-hydrogen) atoms. The van der Waals surface area contributed by atoms with Gasteiger partial charge in [-0.05, 0) is 23.6 Å². The van der Waals surface area contributed by atoms with E-state index in [1.807, 2.05) is 30.3 Å². The number of hydrogen-bond donors (Lipinski definition) is 2. The monoisotopic (exact) mass is 278 g/mol. The first kappa shape index (κ1) is 11.0. The zero-order valence-electron chi connectivity index (χ0n) is 8.75. The van der Waals surface area contributed by atoms with Crippen molar-refractivity contribution in [2.24, 2.45) is 0 Å². The lowest BCUT2D eigenvalue weighted by Gasteiger charge is -2.09. The molecule has 0 aromatic heterocycles. The molecule has 0 atom stereocenters. The van der Waals surface area contributed by atoms with Gasteiger partial charge in [0.1, 0.15) is 0 Å². The van der Waals surface area contributed by atoms with E-state index < -0.39 is 0 Å². The molecule has 3 N–H and O–H groups in total. The minimum absolute atomic E-state index is 0.122. The van der Waals surface area contributed by atoms with Crippen LogP contribution in [0.2, 0.25) is 0 Å². The lowest BCUT2D eigenvalue weighted by molar-refractivity contribution is -0.114. The number of fused-ring (bicyclic) bond motifs is 1. The predicted octanol–water partition coefficient (Wildman–Crippen LogP) is 3.14. The number of nitrogen functional groups attached to an aromatic ring is 1. The second-order valence-electron chi connectivity index (χ2n) is 3.57. The molecule has 0 unspecified atom stereocenters. The summed E-state index contributed by atoms with van der Waals surface area (Å²) in [6.07, 6.45) is 0. The van der Waals surface area contributed by atoms with Crippen LogP contribution in [-0.4, -0.2) is 5.91 Å². The fourth-order valence-corrected chi connectivity index (χ4v) is 2.00. The van der Waals surface area contributed by atoms with Gasteiger partial charge in [-0.15, -0.1) is 0 Å². The number of hydrogen-bond acceptors (Lipinski definition) is 2. The van der Waals surface area contributed by atoms with Crippen molar-refractivity contribution in [3.63, 3.8) is 0 Å². The van der Waals surface area contributed by atoms with Crippen LogP contribution in [0, 0.1) is 0 Å². The summed E-state index contributed by atoms with van der Waals surface area (Å²) in [5.41, 5.74) is 7.24. The van der Waals surface area contributed by atoms with E-state index in [1.165, 1.54) is 6.92 Å². The Bertz CT molecular complexity index is 566. The van der Waals surface area contributed by atoms with E-state index in [0.29, 0.717) is 11.4 Å². The molecule has 82 valence electrons. The zero-order chi connectivity index (χ0) is 11.7. The minimum Gasteiger partial charge on any atom is -0.397 e.